The second-order valence-corrected chi connectivity index (χ2v) is 6.68. The van der Waals surface area contributed by atoms with E-state index in [9.17, 15) is 24.9 Å². The van der Waals surface area contributed by atoms with Gasteiger partial charge in [-0.25, -0.2) is 9.78 Å². The molecule has 4 rings (SSSR count). The Balaban J connectivity index is 1.86. The van der Waals surface area contributed by atoms with Gasteiger partial charge in [0.05, 0.1) is 22.3 Å². The van der Waals surface area contributed by atoms with Crippen LogP contribution in [0.1, 0.15) is 20.7 Å². The second kappa shape index (κ2) is 7.64. The van der Waals surface area contributed by atoms with Crippen LogP contribution in [-0.4, -0.2) is 37.2 Å². The first-order valence-electron chi connectivity index (χ1n) is 9.05. The van der Waals surface area contributed by atoms with Gasteiger partial charge in [0.2, 0.25) is 0 Å². The van der Waals surface area contributed by atoms with Gasteiger partial charge < -0.3 is 26.4 Å². The number of hydrogen-bond donors (Lipinski definition) is 5. The van der Waals surface area contributed by atoms with Crippen molar-refractivity contribution >= 4 is 34.2 Å². The third-order valence-electron chi connectivity index (χ3n) is 4.73. The van der Waals surface area contributed by atoms with E-state index in [-0.39, 0.29) is 16.9 Å². The van der Waals surface area contributed by atoms with Crippen molar-refractivity contribution in [3.63, 3.8) is 0 Å². The summed E-state index contributed by atoms with van der Waals surface area (Å²) in [7, 11) is 0. The van der Waals surface area contributed by atoms with E-state index in [1.54, 1.807) is 36.4 Å². The first-order valence-corrected chi connectivity index (χ1v) is 9.05. The highest BCUT2D eigenvalue weighted by molar-refractivity contribution is 6.08. The molecule has 4 aromatic rings. The number of nitrogens with two attached hydrogens (primary N) is 1. The van der Waals surface area contributed by atoms with Crippen LogP contribution in [0.25, 0.3) is 22.0 Å². The Labute approximate surface area is 175 Å². The Morgan fingerprint density at radius 1 is 1.00 bits per heavy atom. The summed E-state index contributed by atoms with van der Waals surface area (Å²) in [5.41, 5.74) is 7.96. The molecular formula is C22H16N4O5. The Morgan fingerprint density at radius 3 is 2.55 bits per heavy atom. The number of amides is 1. The number of benzene rings is 2. The van der Waals surface area contributed by atoms with Crippen molar-refractivity contribution in [2.75, 3.05) is 5.32 Å². The van der Waals surface area contributed by atoms with Gasteiger partial charge in [0, 0.05) is 29.0 Å². The molecule has 1 amide bonds. The van der Waals surface area contributed by atoms with Crippen LogP contribution in [-0.2, 0) is 0 Å². The number of rotatable bonds is 5. The number of carboxylic acids is 1. The Hall–Kier alpha value is -4.66. The molecule has 0 aliphatic carbocycles. The third-order valence-corrected chi connectivity index (χ3v) is 4.73. The van der Waals surface area contributed by atoms with E-state index in [1.165, 1.54) is 24.5 Å². The minimum atomic E-state index is -1.08. The number of carboxylic acid groups (broad SMARTS) is 1. The molecule has 0 fully saturated rings. The maximum Gasteiger partial charge on any atom is 0.335 e. The lowest BCUT2D eigenvalue weighted by atomic mass is 10.0. The molecule has 0 radical (unpaired) electrons. The SMILES string of the molecule is NC(=O)c1cnc2cc(-c3ccnc(O)c3O)ccc2c1Nc1cccc(C(=O)O)c1. The summed E-state index contributed by atoms with van der Waals surface area (Å²) in [6.45, 7) is 0. The van der Waals surface area contributed by atoms with Crippen LogP contribution in [0.3, 0.4) is 0 Å². The van der Waals surface area contributed by atoms with Gasteiger partial charge in [-0.3, -0.25) is 9.78 Å². The van der Waals surface area contributed by atoms with Crippen molar-refractivity contribution < 1.29 is 24.9 Å². The first-order chi connectivity index (χ1) is 14.8. The quantitative estimate of drug-likeness (QED) is 0.331. The van der Waals surface area contributed by atoms with Gasteiger partial charge in [-0.15, -0.1) is 0 Å². The molecule has 2 heterocycles. The summed E-state index contributed by atoms with van der Waals surface area (Å²) < 4.78 is 0. The molecule has 2 aromatic heterocycles. The topological polar surface area (TPSA) is 159 Å². The summed E-state index contributed by atoms with van der Waals surface area (Å²) in [5, 5.41) is 32.6. The number of carbonyl (C=O) groups excluding carboxylic acids is 1. The number of aromatic nitrogens is 2. The van der Waals surface area contributed by atoms with Crippen LogP contribution in [0.4, 0.5) is 11.4 Å². The number of aromatic hydroxyl groups is 2. The molecule has 9 heteroatoms. The third kappa shape index (κ3) is 3.67. The normalized spacial score (nSPS) is 10.7. The molecule has 0 aliphatic heterocycles. The number of carbonyl (C=O) groups is 2. The van der Waals surface area contributed by atoms with Gasteiger partial charge in [0.25, 0.3) is 11.8 Å². The number of hydrogen-bond acceptors (Lipinski definition) is 7. The number of primary amides is 1. The highest BCUT2D eigenvalue weighted by atomic mass is 16.4. The standard InChI is InChI=1S/C22H16N4O5/c23-20(28)16-10-25-17-9-11(14-6-7-24-21(29)19(14)27)4-5-15(17)18(16)26-13-3-1-2-12(8-13)22(30)31/h1-10,27H,(H2,23,28)(H,24,29)(H,25,26)(H,30,31). The first kappa shape index (κ1) is 19.6. The fourth-order valence-corrected chi connectivity index (χ4v) is 3.23. The van der Waals surface area contributed by atoms with Gasteiger partial charge in [-0.05, 0) is 35.9 Å². The Bertz CT molecular complexity index is 1350. The molecule has 0 spiro atoms. The molecule has 0 saturated carbocycles. The van der Waals surface area contributed by atoms with E-state index in [1.807, 2.05) is 0 Å². The van der Waals surface area contributed by atoms with Crippen LogP contribution in [0.2, 0.25) is 0 Å². The summed E-state index contributed by atoms with van der Waals surface area (Å²) in [5.74, 6) is -2.63. The van der Waals surface area contributed by atoms with Gasteiger partial charge in [0.15, 0.2) is 5.75 Å². The maximum absolute atomic E-state index is 12.0. The monoisotopic (exact) mass is 416 g/mol. The van der Waals surface area contributed by atoms with Crippen molar-refractivity contribution in [3.8, 4) is 22.8 Å². The number of fused-ring (bicyclic) bond motifs is 1. The van der Waals surface area contributed by atoms with Crippen molar-refractivity contribution in [1.29, 1.82) is 0 Å². The average Bonchev–Trinajstić information content (AvgIpc) is 2.75. The van der Waals surface area contributed by atoms with Crippen molar-refractivity contribution in [1.82, 2.24) is 9.97 Å². The van der Waals surface area contributed by atoms with E-state index < -0.39 is 17.8 Å². The molecular weight excluding hydrogens is 400 g/mol. The Morgan fingerprint density at radius 2 is 1.81 bits per heavy atom. The average molecular weight is 416 g/mol. The Kier molecular flexibility index (Phi) is 4.84. The predicted molar refractivity (Wildman–Crippen MR) is 114 cm³/mol. The summed E-state index contributed by atoms with van der Waals surface area (Å²) >= 11 is 0. The zero-order chi connectivity index (χ0) is 22.1. The highest BCUT2D eigenvalue weighted by Crippen LogP contribution is 2.37. The van der Waals surface area contributed by atoms with Gasteiger partial charge >= 0.3 is 5.97 Å². The van der Waals surface area contributed by atoms with E-state index in [0.717, 1.165) is 0 Å². The molecule has 154 valence electrons. The number of aromatic carboxylic acids is 1. The molecule has 31 heavy (non-hydrogen) atoms. The second-order valence-electron chi connectivity index (χ2n) is 6.68. The number of anilines is 2. The van der Waals surface area contributed by atoms with Gasteiger partial charge in [0.1, 0.15) is 0 Å². The van der Waals surface area contributed by atoms with Gasteiger partial charge in [-0.1, -0.05) is 18.2 Å². The summed E-state index contributed by atoms with van der Waals surface area (Å²) in [6.07, 6.45) is 2.68. The highest BCUT2D eigenvalue weighted by Gasteiger charge is 2.16. The van der Waals surface area contributed by atoms with Crippen molar-refractivity contribution in [2.45, 2.75) is 0 Å². The molecule has 0 bridgehead atoms. The van der Waals surface area contributed by atoms with Gasteiger partial charge in [-0.2, -0.15) is 0 Å². The van der Waals surface area contributed by atoms with E-state index in [0.29, 0.717) is 33.4 Å². The van der Waals surface area contributed by atoms with Crippen molar-refractivity contribution in [2.24, 2.45) is 5.73 Å². The largest absolute Gasteiger partial charge is 0.503 e. The van der Waals surface area contributed by atoms with E-state index >= 15 is 0 Å². The van der Waals surface area contributed by atoms with Crippen LogP contribution >= 0.6 is 0 Å². The summed E-state index contributed by atoms with van der Waals surface area (Å²) in [4.78, 5) is 31.2. The number of nitrogens with one attached hydrogen (secondary N) is 1. The van der Waals surface area contributed by atoms with Crippen LogP contribution in [0.15, 0.2) is 60.9 Å². The lowest BCUT2D eigenvalue weighted by molar-refractivity contribution is 0.0696. The zero-order valence-electron chi connectivity index (χ0n) is 15.9. The van der Waals surface area contributed by atoms with Crippen LogP contribution in [0, 0.1) is 0 Å². The number of pyridine rings is 2. The molecule has 2 aromatic carbocycles. The minimum Gasteiger partial charge on any atom is -0.503 e. The number of nitrogens with zero attached hydrogens (tertiary/aromatic N) is 2. The van der Waals surface area contributed by atoms with Crippen LogP contribution in [0.5, 0.6) is 11.6 Å². The molecule has 0 atom stereocenters. The smallest absolute Gasteiger partial charge is 0.335 e. The predicted octanol–water partition coefficient (Wildman–Crippen LogP) is 3.25. The lowest BCUT2D eigenvalue weighted by Gasteiger charge is -2.14. The zero-order valence-corrected chi connectivity index (χ0v) is 15.9. The van der Waals surface area contributed by atoms with E-state index in [2.05, 4.69) is 15.3 Å². The lowest BCUT2D eigenvalue weighted by Crippen LogP contribution is -2.14. The van der Waals surface area contributed by atoms with Crippen molar-refractivity contribution in [3.05, 3.63) is 72.1 Å². The van der Waals surface area contributed by atoms with E-state index in [4.69, 9.17) is 5.73 Å². The molecule has 0 saturated heterocycles. The molecule has 0 aliphatic rings. The fraction of sp³-hybridized carbons (Fsp3) is 0. The molecule has 0 unspecified atom stereocenters. The molecule has 9 nitrogen and oxygen atoms in total. The minimum absolute atomic E-state index is 0.0826. The fourth-order valence-electron chi connectivity index (χ4n) is 3.23. The van der Waals surface area contributed by atoms with Crippen LogP contribution < -0.4 is 11.1 Å². The maximum atomic E-state index is 12.0. The molecule has 6 N–H and O–H groups in total. The summed E-state index contributed by atoms with van der Waals surface area (Å²) in [6, 6.07) is 12.7.